The third kappa shape index (κ3) is 16.1. The average molecular weight is 417 g/mol. The quantitative estimate of drug-likeness (QED) is 0.164. The Morgan fingerprint density at radius 2 is 1.03 bits per heavy atom. The van der Waals surface area contributed by atoms with Crippen molar-refractivity contribution >= 4 is 17.9 Å². The number of aliphatic carboxylic acids is 1. The highest BCUT2D eigenvalue weighted by molar-refractivity contribution is 5.91. The number of carbonyl (C=O) groups is 3. The Hall–Kier alpha value is -1.47. The summed E-state index contributed by atoms with van der Waals surface area (Å²) in [5, 5.41) is 26.8. The van der Waals surface area contributed by atoms with Gasteiger partial charge in [0.05, 0.1) is 0 Å². The standard InChI is InChI=1S/C22H40O7/c1-2-3-4-5-6-7-8-9-10-11-12-13-14-15-16-17-18(23)29-22(28)20(25)19(24)21(26)27/h19-20,24-25H,2-17H2,1H3,(H,26,27). The zero-order valence-corrected chi connectivity index (χ0v) is 17.9. The van der Waals surface area contributed by atoms with Gasteiger partial charge in [0, 0.05) is 6.42 Å². The van der Waals surface area contributed by atoms with Crippen molar-refractivity contribution in [3.8, 4) is 0 Å². The molecule has 0 bridgehead atoms. The normalized spacial score (nSPS) is 13.1. The molecular formula is C22H40O7. The Morgan fingerprint density at radius 3 is 1.41 bits per heavy atom. The maximum atomic E-state index is 11.5. The first-order valence-corrected chi connectivity index (χ1v) is 11.2. The fourth-order valence-corrected chi connectivity index (χ4v) is 3.13. The number of aliphatic hydroxyl groups is 2. The lowest BCUT2D eigenvalue weighted by Crippen LogP contribution is -2.41. The van der Waals surface area contributed by atoms with Crippen LogP contribution in [0.3, 0.4) is 0 Å². The third-order valence-corrected chi connectivity index (χ3v) is 4.99. The van der Waals surface area contributed by atoms with Crippen molar-refractivity contribution < 1.29 is 34.4 Å². The van der Waals surface area contributed by atoms with Gasteiger partial charge >= 0.3 is 17.9 Å². The van der Waals surface area contributed by atoms with Crippen LogP contribution in [0.15, 0.2) is 0 Å². The van der Waals surface area contributed by atoms with Crippen LogP contribution < -0.4 is 0 Å². The van der Waals surface area contributed by atoms with E-state index in [9.17, 15) is 19.5 Å². The number of hydrogen-bond acceptors (Lipinski definition) is 6. The fourth-order valence-electron chi connectivity index (χ4n) is 3.13. The Morgan fingerprint density at radius 1 is 0.655 bits per heavy atom. The van der Waals surface area contributed by atoms with Crippen molar-refractivity contribution in [3.05, 3.63) is 0 Å². The van der Waals surface area contributed by atoms with Gasteiger partial charge in [-0.15, -0.1) is 0 Å². The van der Waals surface area contributed by atoms with Gasteiger partial charge < -0.3 is 20.1 Å². The zero-order chi connectivity index (χ0) is 21.9. The van der Waals surface area contributed by atoms with Gasteiger partial charge in [0.1, 0.15) is 0 Å². The van der Waals surface area contributed by atoms with Crippen LogP contribution in [0.4, 0.5) is 0 Å². The van der Waals surface area contributed by atoms with Crippen molar-refractivity contribution in [2.75, 3.05) is 0 Å². The summed E-state index contributed by atoms with van der Waals surface area (Å²) < 4.78 is 4.35. The second-order valence-electron chi connectivity index (χ2n) is 7.72. The Kier molecular flexibility index (Phi) is 17.6. The summed E-state index contributed by atoms with van der Waals surface area (Å²) in [5.41, 5.74) is 0. The Balaban J connectivity index is 3.45. The molecule has 0 fully saturated rings. The van der Waals surface area contributed by atoms with Gasteiger partial charge in [-0.1, -0.05) is 96.8 Å². The summed E-state index contributed by atoms with van der Waals surface area (Å²) in [6, 6.07) is 0. The minimum absolute atomic E-state index is 0.0277. The smallest absolute Gasteiger partial charge is 0.346 e. The van der Waals surface area contributed by atoms with Gasteiger partial charge in [0.15, 0.2) is 12.2 Å². The summed E-state index contributed by atoms with van der Waals surface area (Å²) in [6.07, 6.45) is 13.5. The first-order chi connectivity index (χ1) is 13.9. The van der Waals surface area contributed by atoms with Crippen LogP contribution in [-0.2, 0) is 19.1 Å². The molecular weight excluding hydrogens is 376 g/mol. The van der Waals surface area contributed by atoms with Crippen LogP contribution >= 0.6 is 0 Å². The van der Waals surface area contributed by atoms with Crippen LogP contribution in [0, 0.1) is 0 Å². The molecule has 0 radical (unpaired) electrons. The molecule has 170 valence electrons. The fraction of sp³-hybridized carbons (Fsp3) is 0.864. The van der Waals surface area contributed by atoms with Gasteiger partial charge in [-0.2, -0.15) is 0 Å². The number of aliphatic hydroxyl groups excluding tert-OH is 2. The minimum atomic E-state index is -2.30. The SMILES string of the molecule is CCCCCCCCCCCCCCCCCC(=O)OC(=O)C(O)C(O)C(=O)O. The van der Waals surface area contributed by atoms with Crippen molar-refractivity contribution in [1.82, 2.24) is 0 Å². The molecule has 0 heterocycles. The molecule has 0 spiro atoms. The van der Waals surface area contributed by atoms with E-state index >= 15 is 0 Å². The summed E-state index contributed by atoms with van der Waals surface area (Å²) in [4.78, 5) is 33.3. The molecule has 0 aromatic carbocycles. The van der Waals surface area contributed by atoms with E-state index in [0.29, 0.717) is 6.42 Å². The number of hydrogen-bond donors (Lipinski definition) is 3. The van der Waals surface area contributed by atoms with E-state index in [1.54, 1.807) is 0 Å². The predicted molar refractivity (Wildman–Crippen MR) is 110 cm³/mol. The van der Waals surface area contributed by atoms with Crippen molar-refractivity contribution in [3.63, 3.8) is 0 Å². The first-order valence-electron chi connectivity index (χ1n) is 11.2. The number of rotatable bonds is 19. The maximum absolute atomic E-state index is 11.5. The summed E-state index contributed by atoms with van der Waals surface area (Å²) >= 11 is 0. The molecule has 0 saturated carbocycles. The van der Waals surface area contributed by atoms with Crippen LogP contribution in [0.25, 0.3) is 0 Å². The van der Waals surface area contributed by atoms with E-state index in [0.717, 1.165) is 19.3 Å². The molecule has 0 aromatic heterocycles. The molecule has 0 rings (SSSR count). The summed E-state index contributed by atoms with van der Waals surface area (Å²) in [6.45, 7) is 2.24. The molecule has 0 aromatic rings. The lowest BCUT2D eigenvalue weighted by molar-refractivity contribution is -0.175. The van der Waals surface area contributed by atoms with Gasteiger partial charge in [0.2, 0.25) is 0 Å². The molecule has 2 atom stereocenters. The third-order valence-electron chi connectivity index (χ3n) is 4.99. The Bertz CT molecular complexity index is 450. The second kappa shape index (κ2) is 18.6. The molecule has 7 nitrogen and oxygen atoms in total. The number of carbonyl (C=O) groups excluding carboxylic acids is 2. The van der Waals surface area contributed by atoms with Crippen LogP contribution in [0.5, 0.6) is 0 Å². The Labute approximate surface area is 174 Å². The molecule has 0 saturated heterocycles. The van der Waals surface area contributed by atoms with Gasteiger partial charge in [0.25, 0.3) is 0 Å². The van der Waals surface area contributed by atoms with Crippen LogP contribution in [0.2, 0.25) is 0 Å². The lowest BCUT2D eigenvalue weighted by Gasteiger charge is -2.12. The molecule has 3 N–H and O–H groups in total. The molecule has 0 aliphatic rings. The maximum Gasteiger partial charge on any atom is 0.346 e. The van der Waals surface area contributed by atoms with E-state index in [4.69, 9.17) is 10.2 Å². The molecule has 7 heteroatoms. The largest absolute Gasteiger partial charge is 0.479 e. The van der Waals surface area contributed by atoms with Crippen LogP contribution in [0.1, 0.15) is 110 Å². The van der Waals surface area contributed by atoms with Crippen molar-refractivity contribution in [1.29, 1.82) is 0 Å². The highest BCUT2D eigenvalue weighted by Gasteiger charge is 2.32. The van der Waals surface area contributed by atoms with E-state index in [-0.39, 0.29) is 6.42 Å². The van der Waals surface area contributed by atoms with Crippen molar-refractivity contribution in [2.24, 2.45) is 0 Å². The van der Waals surface area contributed by atoms with Gasteiger partial charge in [-0.05, 0) is 6.42 Å². The monoisotopic (exact) mass is 416 g/mol. The van der Waals surface area contributed by atoms with Gasteiger partial charge in [-0.3, -0.25) is 4.79 Å². The summed E-state index contributed by atoms with van der Waals surface area (Å²) in [5.74, 6) is -4.02. The molecule has 0 aliphatic heterocycles. The highest BCUT2D eigenvalue weighted by Crippen LogP contribution is 2.14. The first kappa shape index (κ1) is 27.5. The lowest BCUT2D eigenvalue weighted by atomic mass is 10.0. The molecule has 0 amide bonds. The molecule has 0 aliphatic carbocycles. The summed E-state index contributed by atoms with van der Waals surface area (Å²) in [7, 11) is 0. The predicted octanol–water partition coefficient (Wildman–Crippen LogP) is 4.12. The molecule has 2 unspecified atom stereocenters. The topological polar surface area (TPSA) is 121 Å². The van der Waals surface area contributed by atoms with Crippen molar-refractivity contribution in [2.45, 2.75) is 122 Å². The second-order valence-corrected chi connectivity index (χ2v) is 7.72. The highest BCUT2D eigenvalue weighted by atomic mass is 16.6. The molecule has 29 heavy (non-hydrogen) atoms. The van der Waals surface area contributed by atoms with Gasteiger partial charge in [-0.25, -0.2) is 9.59 Å². The zero-order valence-electron chi connectivity index (χ0n) is 17.9. The minimum Gasteiger partial charge on any atom is -0.479 e. The number of esters is 2. The van der Waals surface area contributed by atoms with E-state index in [1.165, 1.54) is 70.6 Å². The average Bonchev–Trinajstić information content (AvgIpc) is 2.69. The number of carboxylic acid groups (broad SMARTS) is 1. The van der Waals surface area contributed by atoms with E-state index in [2.05, 4.69) is 11.7 Å². The number of carboxylic acids is 1. The van der Waals surface area contributed by atoms with Crippen LogP contribution in [-0.4, -0.2) is 45.4 Å². The van der Waals surface area contributed by atoms with E-state index < -0.39 is 30.1 Å². The number of unbranched alkanes of at least 4 members (excludes halogenated alkanes) is 14. The number of ether oxygens (including phenoxy) is 1. The van der Waals surface area contributed by atoms with E-state index in [1.807, 2.05) is 0 Å².